The summed E-state index contributed by atoms with van der Waals surface area (Å²) in [4.78, 5) is 0. The van der Waals surface area contributed by atoms with Crippen molar-refractivity contribution in [3.05, 3.63) is 58.6 Å². The maximum Gasteiger partial charge on any atom is 0.165 e. The second-order valence-electron chi connectivity index (χ2n) is 5.50. The van der Waals surface area contributed by atoms with E-state index < -0.39 is 6.10 Å². The summed E-state index contributed by atoms with van der Waals surface area (Å²) < 4.78 is 11.2. The van der Waals surface area contributed by atoms with E-state index in [1.54, 1.807) is 13.2 Å². The van der Waals surface area contributed by atoms with Crippen LogP contribution in [0.1, 0.15) is 30.6 Å². The van der Waals surface area contributed by atoms with Gasteiger partial charge in [0.1, 0.15) is 0 Å². The van der Waals surface area contributed by atoms with E-state index in [2.05, 4.69) is 12.2 Å². The zero-order valence-corrected chi connectivity index (χ0v) is 14.8. The molecular weight excluding hydrogens is 326 g/mol. The van der Waals surface area contributed by atoms with Crippen LogP contribution < -0.4 is 14.8 Å². The van der Waals surface area contributed by atoms with Crippen LogP contribution in [-0.2, 0) is 6.54 Å². The molecule has 0 spiro atoms. The normalized spacial score (nSPS) is 12.0. The Bertz CT molecular complexity index is 634. The van der Waals surface area contributed by atoms with Gasteiger partial charge in [0.25, 0.3) is 0 Å². The van der Waals surface area contributed by atoms with Crippen LogP contribution in [-0.4, -0.2) is 25.4 Å². The molecule has 0 bridgehead atoms. The van der Waals surface area contributed by atoms with E-state index in [-0.39, 0.29) is 0 Å². The molecule has 0 amide bonds. The summed E-state index contributed by atoms with van der Waals surface area (Å²) in [6, 6.07) is 13.2. The van der Waals surface area contributed by atoms with Crippen LogP contribution in [0, 0.1) is 0 Å². The number of hydrogen-bond donors (Lipinski definition) is 2. The monoisotopic (exact) mass is 349 g/mol. The lowest BCUT2D eigenvalue weighted by molar-refractivity contribution is 0.174. The number of methoxy groups -OCH3 is 1. The zero-order valence-electron chi connectivity index (χ0n) is 14.1. The van der Waals surface area contributed by atoms with Gasteiger partial charge >= 0.3 is 0 Å². The first kappa shape index (κ1) is 18.6. The molecule has 2 aromatic carbocycles. The number of rotatable bonds is 9. The molecule has 2 rings (SSSR count). The molecule has 1 atom stereocenters. The van der Waals surface area contributed by atoms with Crippen molar-refractivity contribution in [2.45, 2.75) is 26.0 Å². The Morgan fingerprint density at radius 1 is 1.21 bits per heavy atom. The molecule has 24 heavy (non-hydrogen) atoms. The van der Waals surface area contributed by atoms with Gasteiger partial charge in [0, 0.05) is 29.7 Å². The SMILES string of the molecule is CCCOc1c(CNCC(O)c2ccccc2)cc(Cl)cc1OC. The smallest absolute Gasteiger partial charge is 0.165 e. The minimum atomic E-state index is -0.563. The van der Waals surface area contributed by atoms with Gasteiger partial charge in [0.15, 0.2) is 11.5 Å². The van der Waals surface area contributed by atoms with E-state index in [4.69, 9.17) is 21.1 Å². The van der Waals surface area contributed by atoms with Crippen LogP contribution in [0.4, 0.5) is 0 Å². The van der Waals surface area contributed by atoms with Crippen molar-refractivity contribution >= 4 is 11.6 Å². The first-order valence-electron chi connectivity index (χ1n) is 8.08. The fourth-order valence-corrected chi connectivity index (χ4v) is 2.64. The average molecular weight is 350 g/mol. The first-order valence-corrected chi connectivity index (χ1v) is 8.46. The molecule has 0 saturated heterocycles. The molecule has 1 unspecified atom stereocenters. The summed E-state index contributed by atoms with van der Waals surface area (Å²) in [5, 5.41) is 14.1. The van der Waals surface area contributed by atoms with Crippen LogP contribution >= 0.6 is 11.6 Å². The van der Waals surface area contributed by atoms with Crippen molar-refractivity contribution in [1.29, 1.82) is 0 Å². The van der Waals surface area contributed by atoms with Crippen molar-refractivity contribution in [2.24, 2.45) is 0 Å². The lowest BCUT2D eigenvalue weighted by Gasteiger charge is -2.17. The molecule has 0 heterocycles. The van der Waals surface area contributed by atoms with Crippen molar-refractivity contribution in [3.8, 4) is 11.5 Å². The number of aliphatic hydroxyl groups excluding tert-OH is 1. The third kappa shape index (κ3) is 5.13. The second kappa shape index (κ2) is 9.52. The molecule has 0 aliphatic rings. The van der Waals surface area contributed by atoms with Crippen LogP contribution in [0.3, 0.4) is 0 Å². The largest absolute Gasteiger partial charge is 0.493 e. The number of hydrogen-bond acceptors (Lipinski definition) is 4. The van der Waals surface area contributed by atoms with Gasteiger partial charge in [-0.2, -0.15) is 0 Å². The molecule has 4 nitrogen and oxygen atoms in total. The highest BCUT2D eigenvalue weighted by Crippen LogP contribution is 2.35. The van der Waals surface area contributed by atoms with Gasteiger partial charge in [-0.25, -0.2) is 0 Å². The summed E-state index contributed by atoms with van der Waals surface area (Å²) in [5.74, 6) is 1.32. The predicted molar refractivity (Wildman–Crippen MR) is 96.9 cm³/mol. The lowest BCUT2D eigenvalue weighted by atomic mass is 10.1. The minimum Gasteiger partial charge on any atom is -0.493 e. The van der Waals surface area contributed by atoms with Gasteiger partial charge in [-0.05, 0) is 18.1 Å². The van der Waals surface area contributed by atoms with Crippen molar-refractivity contribution < 1.29 is 14.6 Å². The summed E-state index contributed by atoms with van der Waals surface area (Å²) in [7, 11) is 1.60. The molecule has 5 heteroatoms. The van der Waals surface area contributed by atoms with Crippen molar-refractivity contribution in [3.63, 3.8) is 0 Å². The third-order valence-electron chi connectivity index (χ3n) is 3.60. The molecule has 130 valence electrons. The Morgan fingerprint density at radius 2 is 1.96 bits per heavy atom. The van der Waals surface area contributed by atoms with E-state index in [9.17, 15) is 5.11 Å². The topological polar surface area (TPSA) is 50.7 Å². The van der Waals surface area contributed by atoms with E-state index in [0.717, 1.165) is 17.5 Å². The Morgan fingerprint density at radius 3 is 2.62 bits per heavy atom. The molecule has 2 N–H and O–H groups in total. The highest BCUT2D eigenvalue weighted by Gasteiger charge is 2.13. The van der Waals surface area contributed by atoms with E-state index in [1.165, 1.54) is 0 Å². The highest BCUT2D eigenvalue weighted by atomic mass is 35.5. The molecular formula is C19H24ClNO3. The maximum atomic E-state index is 10.2. The highest BCUT2D eigenvalue weighted by molar-refractivity contribution is 6.30. The van der Waals surface area contributed by atoms with E-state index >= 15 is 0 Å². The van der Waals surface area contributed by atoms with E-state index in [1.807, 2.05) is 36.4 Å². The molecule has 0 aromatic heterocycles. The molecule has 0 radical (unpaired) electrons. The number of aliphatic hydroxyl groups is 1. The number of ether oxygens (including phenoxy) is 2. The van der Waals surface area contributed by atoms with Crippen LogP contribution in [0.2, 0.25) is 5.02 Å². The molecule has 0 fully saturated rings. The quantitative estimate of drug-likeness (QED) is 0.719. The van der Waals surface area contributed by atoms with Crippen molar-refractivity contribution in [2.75, 3.05) is 20.3 Å². The molecule has 0 aliphatic heterocycles. The van der Waals surface area contributed by atoms with Crippen LogP contribution in [0.15, 0.2) is 42.5 Å². The molecule has 0 saturated carbocycles. The molecule has 0 aliphatic carbocycles. The van der Waals surface area contributed by atoms with Crippen molar-refractivity contribution in [1.82, 2.24) is 5.32 Å². The summed E-state index contributed by atoms with van der Waals surface area (Å²) in [6.07, 6.45) is 0.345. The van der Waals surface area contributed by atoms with Gasteiger partial charge in [-0.15, -0.1) is 0 Å². The van der Waals surface area contributed by atoms with Gasteiger partial charge < -0.3 is 19.9 Å². The predicted octanol–water partition coefficient (Wildman–Crippen LogP) is 3.96. The number of halogens is 1. The van der Waals surface area contributed by atoms with Gasteiger partial charge in [-0.3, -0.25) is 0 Å². The minimum absolute atomic E-state index is 0.437. The standard InChI is InChI=1S/C19H24ClNO3/c1-3-9-24-19-15(10-16(20)11-18(19)23-2)12-21-13-17(22)14-7-5-4-6-8-14/h4-8,10-11,17,21-22H,3,9,12-13H2,1-2H3. The third-order valence-corrected chi connectivity index (χ3v) is 3.82. The lowest BCUT2D eigenvalue weighted by Crippen LogP contribution is -2.21. The van der Waals surface area contributed by atoms with Crippen LogP contribution in [0.25, 0.3) is 0 Å². The fraction of sp³-hybridized carbons (Fsp3) is 0.368. The van der Waals surface area contributed by atoms with Gasteiger partial charge in [-0.1, -0.05) is 48.9 Å². The summed E-state index contributed by atoms with van der Waals surface area (Å²) in [6.45, 7) is 3.63. The molecule has 2 aromatic rings. The second-order valence-corrected chi connectivity index (χ2v) is 5.94. The number of nitrogens with one attached hydrogen (secondary N) is 1. The summed E-state index contributed by atoms with van der Waals surface area (Å²) >= 11 is 6.16. The average Bonchev–Trinajstić information content (AvgIpc) is 2.61. The first-order chi connectivity index (χ1) is 11.7. The summed E-state index contributed by atoms with van der Waals surface area (Å²) in [5.41, 5.74) is 1.80. The number of benzene rings is 2. The fourth-order valence-electron chi connectivity index (χ4n) is 2.41. The van der Waals surface area contributed by atoms with Gasteiger partial charge in [0.05, 0.1) is 19.8 Å². The Hall–Kier alpha value is -1.75. The van der Waals surface area contributed by atoms with Crippen LogP contribution in [0.5, 0.6) is 11.5 Å². The zero-order chi connectivity index (χ0) is 17.4. The Balaban J connectivity index is 2.04. The Labute approximate surface area is 148 Å². The van der Waals surface area contributed by atoms with Gasteiger partial charge in [0.2, 0.25) is 0 Å². The van der Waals surface area contributed by atoms with E-state index in [0.29, 0.717) is 36.2 Å². The Kier molecular flexibility index (Phi) is 7.37. The maximum absolute atomic E-state index is 10.2.